The number of hydrogen-bond acceptors (Lipinski definition) is 5. The summed E-state index contributed by atoms with van der Waals surface area (Å²) in [6.07, 6.45) is -0.521. The second kappa shape index (κ2) is 13.6. The van der Waals surface area contributed by atoms with Gasteiger partial charge >= 0.3 is 0 Å². The van der Waals surface area contributed by atoms with Crippen LogP contribution >= 0.6 is 0 Å². The molecule has 1 aliphatic rings. The summed E-state index contributed by atoms with van der Waals surface area (Å²) in [5.41, 5.74) is 9.11. The molecule has 40 heavy (non-hydrogen) atoms. The number of nitriles is 1. The van der Waals surface area contributed by atoms with Crippen LogP contribution in [0.1, 0.15) is 54.2 Å². The molecule has 2 N–H and O–H groups in total. The normalized spacial score (nSPS) is 15.0. The average Bonchev–Trinajstić information content (AvgIpc) is 2.95. The summed E-state index contributed by atoms with van der Waals surface area (Å²) in [4.78, 5) is 15.5. The monoisotopic (exact) mass is 538 g/mol. The van der Waals surface area contributed by atoms with Crippen molar-refractivity contribution in [2.24, 2.45) is 5.92 Å². The third-order valence-corrected chi connectivity index (χ3v) is 7.52. The van der Waals surface area contributed by atoms with E-state index in [9.17, 15) is 4.79 Å². The van der Waals surface area contributed by atoms with Gasteiger partial charge in [-0.05, 0) is 78.6 Å². The van der Waals surface area contributed by atoms with Crippen LogP contribution < -0.4 is 15.5 Å². The molecule has 1 amide bonds. The van der Waals surface area contributed by atoms with E-state index in [4.69, 9.17) is 10.00 Å². The predicted octanol–water partition coefficient (Wildman–Crippen LogP) is 5.85. The van der Waals surface area contributed by atoms with Crippen LogP contribution in [0.2, 0.25) is 0 Å². The van der Waals surface area contributed by atoms with Gasteiger partial charge in [-0.2, -0.15) is 5.26 Å². The van der Waals surface area contributed by atoms with Crippen LogP contribution in [0.4, 0.5) is 5.69 Å². The SMILES string of the molecule is Cc1cc(C)c([C@@H](O[C@@H](CC(C)C)C(=O)NCC#N)c2ccc(-c3ccc(N4CCNCC4)cc3)cc2)c(C)c1. The number of ether oxygens (including phenoxy) is 1. The maximum atomic E-state index is 13.0. The fourth-order valence-electron chi connectivity index (χ4n) is 5.61. The fourth-order valence-corrected chi connectivity index (χ4v) is 5.61. The lowest BCUT2D eigenvalue weighted by atomic mass is 9.90. The first kappa shape index (κ1) is 29.3. The molecule has 0 spiro atoms. The third-order valence-electron chi connectivity index (χ3n) is 7.52. The maximum absolute atomic E-state index is 13.0. The number of nitrogens with one attached hydrogen (secondary N) is 2. The molecule has 6 heteroatoms. The molecule has 6 nitrogen and oxygen atoms in total. The van der Waals surface area contributed by atoms with Crippen LogP contribution in [-0.4, -0.2) is 44.7 Å². The van der Waals surface area contributed by atoms with Gasteiger partial charge in [0.15, 0.2) is 0 Å². The Morgan fingerprint density at radius 2 is 1.55 bits per heavy atom. The van der Waals surface area contributed by atoms with E-state index in [-0.39, 0.29) is 18.4 Å². The van der Waals surface area contributed by atoms with E-state index in [0.29, 0.717) is 6.42 Å². The Balaban J connectivity index is 1.65. The highest BCUT2D eigenvalue weighted by Gasteiger charge is 2.28. The first-order valence-corrected chi connectivity index (χ1v) is 14.3. The molecule has 1 heterocycles. The molecular formula is C34H42N4O2. The van der Waals surface area contributed by atoms with Crippen molar-refractivity contribution >= 4 is 11.6 Å². The molecular weight excluding hydrogens is 496 g/mol. The van der Waals surface area contributed by atoms with Gasteiger partial charge in [0.05, 0.1) is 6.07 Å². The second-order valence-electron chi connectivity index (χ2n) is 11.2. The summed E-state index contributed by atoms with van der Waals surface area (Å²) in [5.74, 6) is 0.00843. The molecule has 3 aromatic rings. The lowest BCUT2D eigenvalue weighted by Crippen LogP contribution is -2.43. The lowest BCUT2D eigenvalue weighted by molar-refractivity contribution is -0.136. The Labute approximate surface area is 239 Å². The third kappa shape index (κ3) is 7.29. The number of benzene rings is 3. The van der Waals surface area contributed by atoms with E-state index in [1.807, 2.05) is 6.07 Å². The summed E-state index contributed by atoms with van der Waals surface area (Å²) in [6.45, 7) is 14.5. The van der Waals surface area contributed by atoms with E-state index in [2.05, 4.69) is 111 Å². The van der Waals surface area contributed by atoms with Crippen LogP contribution in [-0.2, 0) is 9.53 Å². The molecule has 1 aliphatic heterocycles. The minimum absolute atomic E-state index is 0.0355. The van der Waals surface area contributed by atoms with Crippen molar-refractivity contribution in [2.75, 3.05) is 37.6 Å². The van der Waals surface area contributed by atoms with Gasteiger partial charge in [-0.1, -0.05) is 67.9 Å². The number of carbonyl (C=O) groups is 1. The van der Waals surface area contributed by atoms with Crippen molar-refractivity contribution in [1.82, 2.24) is 10.6 Å². The van der Waals surface area contributed by atoms with E-state index >= 15 is 0 Å². The summed E-state index contributed by atoms with van der Waals surface area (Å²) in [6, 6.07) is 23.6. The van der Waals surface area contributed by atoms with E-state index in [1.54, 1.807) is 0 Å². The first-order valence-electron chi connectivity index (χ1n) is 14.3. The van der Waals surface area contributed by atoms with Gasteiger partial charge in [-0.15, -0.1) is 0 Å². The van der Waals surface area contributed by atoms with Crippen molar-refractivity contribution in [2.45, 2.75) is 53.2 Å². The Kier molecular flexibility index (Phi) is 9.98. The van der Waals surface area contributed by atoms with Gasteiger partial charge < -0.3 is 20.3 Å². The number of anilines is 1. The number of nitrogens with zero attached hydrogens (tertiary/aromatic N) is 2. The molecule has 4 rings (SSSR count). The van der Waals surface area contributed by atoms with Crippen molar-refractivity contribution in [3.63, 3.8) is 0 Å². The van der Waals surface area contributed by atoms with Crippen LogP contribution in [0, 0.1) is 38.0 Å². The summed E-state index contributed by atoms with van der Waals surface area (Å²) >= 11 is 0. The molecule has 0 radical (unpaired) electrons. The molecule has 210 valence electrons. The first-order chi connectivity index (χ1) is 19.3. The number of aryl methyl sites for hydroxylation is 3. The van der Waals surface area contributed by atoms with Crippen LogP contribution in [0.25, 0.3) is 11.1 Å². The fraction of sp³-hybridized carbons (Fsp3) is 0.412. The van der Waals surface area contributed by atoms with Crippen molar-refractivity contribution in [3.05, 3.63) is 88.5 Å². The molecule has 0 aromatic heterocycles. The number of rotatable bonds is 10. The molecule has 0 bridgehead atoms. The Morgan fingerprint density at radius 3 is 2.10 bits per heavy atom. The van der Waals surface area contributed by atoms with Gasteiger partial charge in [-0.3, -0.25) is 4.79 Å². The summed E-state index contributed by atoms with van der Waals surface area (Å²) in [5, 5.41) is 15.1. The highest BCUT2D eigenvalue weighted by atomic mass is 16.5. The molecule has 3 aromatic carbocycles. The molecule has 1 saturated heterocycles. The highest BCUT2D eigenvalue weighted by Crippen LogP contribution is 2.35. The zero-order valence-electron chi connectivity index (χ0n) is 24.5. The van der Waals surface area contributed by atoms with Crippen molar-refractivity contribution in [3.8, 4) is 17.2 Å². The van der Waals surface area contributed by atoms with Crippen molar-refractivity contribution < 1.29 is 9.53 Å². The van der Waals surface area contributed by atoms with Crippen LogP contribution in [0.3, 0.4) is 0 Å². The van der Waals surface area contributed by atoms with Crippen molar-refractivity contribution in [1.29, 1.82) is 5.26 Å². The molecule has 1 fully saturated rings. The molecule has 0 saturated carbocycles. The van der Waals surface area contributed by atoms with Gasteiger partial charge in [0.1, 0.15) is 18.8 Å². The lowest BCUT2D eigenvalue weighted by Gasteiger charge is -2.29. The van der Waals surface area contributed by atoms with E-state index < -0.39 is 12.2 Å². The number of carbonyl (C=O) groups excluding carboxylic acids is 1. The quantitative estimate of drug-likeness (QED) is 0.317. The standard InChI is InChI=1S/C34H42N4O2/c1-23(2)20-31(34(39)37-15-14-35)40-33(32-25(4)21-24(3)22-26(32)5)29-8-6-27(7-9-29)28-10-12-30(13-11-28)38-18-16-36-17-19-38/h6-13,21-23,31,33,36H,15-20H2,1-5H3,(H,37,39)/t31-,33-/m0/s1. The molecule has 0 unspecified atom stereocenters. The molecule has 2 atom stereocenters. The summed E-state index contributed by atoms with van der Waals surface area (Å²) < 4.78 is 6.69. The van der Waals surface area contributed by atoms with Gasteiger partial charge in [0.2, 0.25) is 5.91 Å². The highest BCUT2D eigenvalue weighted by molar-refractivity contribution is 5.81. The van der Waals surface area contributed by atoms with Gasteiger partial charge in [-0.25, -0.2) is 0 Å². The zero-order valence-corrected chi connectivity index (χ0v) is 24.5. The smallest absolute Gasteiger partial charge is 0.250 e. The van der Waals surface area contributed by atoms with E-state index in [0.717, 1.165) is 54.0 Å². The summed E-state index contributed by atoms with van der Waals surface area (Å²) in [7, 11) is 0. The Hall–Kier alpha value is -3.66. The topological polar surface area (TPSA) is 77.4 Å². The number of piperazine rings is 1. The van der Waals surface area contributed by atoms with E-state index in [1.165, 1.54) is 16.8 Å². The number of hydrogen-bond donors (Lipinski definition) is 2. The van der Waals surface area contributed by atoms with Gasteiger partial charge in [0, 0.05) is 31.9 Å². The maximum Gasteiger partial charge on any atom is 0.250 e. The number of amides is 1. The minimum atomic E-state index is -0.671. The molecule has 0 aliphatic carbocycles. The zero-order chi connectivity index (χ0) is 28.6. The average molecular weight is 539 g/mol. The predicted molar refractivity (Wildman–Crippen MR) is 162 cm³/mol. The van der Waals surface area contributed by atoms with Gasteiger partial charge in [0.25, 0.3) is 0 Å². The Bertz CT molecular complexity index is 1300. The second-order valence-corrected chi connectivity index (χ2v) is 11.2. The van der Waals surface area contributed by atoms with Crippen LogP contribution in [0.15, 0.2) is 60.7 Å². The minimum Gasteiger partial charge on any atom is -0.369 e. The largest absolute Gasteiger partial charge is 0.369 e. The Morgan fingerprint density at radius 1 is 0.975 bits per heavy atom. The van der Waals surface area contributed by atoms with Crippen LogP contribution in [0.5, 0.6) is 0 Å².